The summed E-state index contributed by atoms with van der Waals surface area (Å²) >= 11 is 5.81. The molecule has 1 aliphatic heterocycles. The predicted molar refractivity (Wildman–Crippen MR) is 144 cm³/mol. The van der Waals surface area contributed by atoms with Crippen LogP contribution in [0.5, 0.6) is 0 Å². The number of hydrogen-bond donors (Lipinski definition) is 4. The largest absolute Gasteiger partial charge is 0.490 e. The third-order valence-corrected chi connectivity index (χ3v) is 8.99. The number of aliphatic carboxylic acids is 2. The first kappa shape index (κ1) is 36.9. The summed E-state index contributed by atoms with van der Waals surface area (Å²) in [6, 6.07) is 5.98. The van der Waals surface area contributed by atoms with Gasteiger partial charge in [-0.1, -0.05) is 16.8 Å². The summed E-state index contributed by atoms with van der Waals surface area (Å²) in [6.45, 7) is 4.85. The zero-order chi connectivity index (χ0) is 34.8. The second kappa shape index (κ2) is 13.0. The van der Waals surface area contributed by atoms with Gasteiger partial charge >= 0.3 is 24.3 Å². The molecule has 0 saturated carbocycles. The summed E-state index contributed by atoms with van der Waals surface area (Å²) in [7, 11) is -3.18. The minimum Gasteiger partial charge on any atom is -0.475 e. The summed E-state index contributed by atoms with van der Waals surface area (Å²) in [5.41, 5.74) is 5.88. The smallest absolute Gasteiger partial charge is 0.475 e. The van der Waals surface area contributed by atoms with E-state index in [1.165, 1.54) is 24.5 Å². The molecule has 3 heterocycles. The van der Waals surface area contributed by atoms with Gasteiger partial charge in [-0.25, -0.2) is 28.2 Å². The monoisotopic (exact) mass is 690 g/mol. The summed E-state index contributed by atoms with van der Waals surface area (Å²) in [5, 5.41) is 18.6. The van der Waals surface area contributed by atoms with E-state index >= 15 is 0 Å². The first-order valence-corrected chi connectivity index (χ1v) is 13.9. The van der Waals surface area contributed by atoms with E-state index in [2.05, 4.69) is 20.1 Å². The third-order valence-electron chi connectivity index (χ3n) is 5.97. The highest BCUT2D eigenvalue weighted by atomic mass is 35.5. The number of nitrogens with one attached hydrogen (secondary N) is 1. The van der Waals surface area contributed by atoms with Gasteiger partial charge in [0.2, 0.25) is 0 Å². The third kappa shape index (κ3) is 8.87. The van der Waals surface area contributed by atoms with Gasteiger partial charge in [-0.15, -0.1) is 0 Å². The molecule has 45 heavy (non-hydrogen) atoms. The topological polar surface area (TPSA) is 206 Å². The molecule has 0 fully saturated rings. The number of nitrogens with two attached hydrogens (primary N) is 1. The molecule has 0 unspecified atom stereocenters. The van der Waals surface area contributed by atoms with Crippen molar-refractivity contribution in [3.05, 3.63) is 53.1 Å². The summed E-state index contributed by atoms with van der Waals surface area (Å²) < 4.78 is 104. The number of alkyl halides is 6. The van der Waals surface area contributed by atoms with Gasteiger partial charge in [0.15, 0.2) is 17.3 Å². The fraction of sp³-hybridized carbons (Fsp3) is 0.333. The normalized spacial score (nSPS) is 20.9. The van der Waals surface area contributed by atoms with Crippen molar-refractivity contribution in [2.75, 3.05) is 5.75 Å². The Labute approximate surface area is 254 Å². The van der Waals surface area contributed by atoms with Crippen molar-refractivity contribution < 1.29 is 59.3 Å². The number of hydrogen-bond acceptors (Lipinski definition) is 10. The number of aromatic nitrogens is 3. The molecule has 0 spiro atoms. The maximum absolute atomic E-state index is 14.9. The lowest BCUT2D eigenvalue weighted by atomic mass is 9.91. The van der Waals surface area contributed by atoms with E-state index in [0.717, 1.165) is 0 Å². The maximum Gasteiger partial charge on any atom is 0.490 e. The number of rotatable bonds is 3. The number of amidine groups is 1. The molecule has 2 aromatic heterocycles. The van der Waals surface area contributed by atoms with Gasteiger partial charge in [-0.3, -0.25) is 9.77 Å². The first-order chi connectivity index (χ1) is 20.3. The zero-order valence-corrected chi connectivity index (χ0v) is 24.6. The number of aliphatic imine (C=N–C) groups is 1. The highest BCUT2D eigenvalue weighted by Gasteiger charge is 2.47. The zero-order valence-electron chi connectivity index (χ0n) is 23.0. The van der Waals surface area contributed by atoms with Gasteiger partial charge in [0.05, 0.1) is 20.5 Å². The van der Waals surface area contributed by atoms with Crippen LogP contribution >= 0.6 is 11.6 Å². The van der Waals surface area contributed by atoms with Crippen LogP contribution in [0.2, 0.25) is 5.02 Å². The van der Waals surface area contributed by atoms with Gasteiger partial charge in [-0.05, 0) is 39.0 Å². The van der Waals surface area contributed by atoms with Crippen LogP contribution in [-0.2, 0) is 24.9 Å². The molecule has 0 aliphatic carbocycles. The lowest BCUT2D eigenvalue weighted by Crippen LogP contribution is -2.54. The predicted octanol–water partition coefficient (Wildman–Crippen LogP) is 5.27. The lowest BCUT2D eigenvalue weighted by molar-refractivity contribution is -0.193. The molecule has 21 heteroatoms. The van der Waals surface area contributed by atoms with Crippen LogP contribution in [0.4, 0.5) is 30.7 Å². The molecule has 0 radical (unpaired) electrons. The van der Waals surface area contributed by atoms with E-state index in [0.29, 0.717) is 27.9 Å². The number of carbonyl (C=O) groups is 2. The molecule has 2 atom stereocenters. The highest BCUT2D eigenvalue weighted by molar-refractivity contribution is 7.94. The number of benzene rings is 1. The van der Waals surface area contributed by atoms with E-state index in [4.69, 9.17) is 46.4 Å². The Bertz CT molecular complexity index is 1690. The van der Waals surface area contributed by atoms with Crippen LogP contribution in [0.1, 0.15) is 26.3 Å². The molecular weight excluding hydrogens is 669 g/mol. The van der Waals surface area contributed by atoms with Gasteiger partial charge in [-0.2, -0.15) is 26.3 Å². The van der Waals surface area contributed by atoms with Crippen molar-refractivity contribution in [1.29, 1.82) is 4.78 Å². The van der Waals surface area contributed by atoms with Crippen LogP contribution in [0, 0.1) is 10.6 Å². The lowest BCUT2D eigenvalue weighted by Gasteiger charge is -2.39. The molecular formula is C24H22ClF7N6O6S. The molecule has 1 aliphatic rings. The van der Waals surface area contributed by atoms with Crippen LogP contribution in [0.15, 0.2) is 46.2 Å². The number of nitrogens with zero attached hydrogens (tertiary/aromatic N) is 4. The molecule has 246 valence electrons. The fourth-order valence-electron chi connectivity index (χ4n) is 3.37. The van der Waals surface area contributed by atoms with Crippen LogP contribution < -0.4 is 5.73 Å². The molecule has 4 rings (SSSR count). The molecule has 0 amide bonds. The minimum absolute atomic E-state index is 0.0629. The Morgan fingerprint density at radius 1 is 1.02 bits per heavy atom. The van der Waals surface area contributed by atoms with E-state index in [1.54, 1.807) is 32.9 Å². The van der Waals surface area contributed by atoms with Crippen LogP contribution in [-0.4, -0.2) is 70.2 Å². The number of carboxylic acid groups (broad SMARTS) is 2. The van der Waals surface area contributed by atoms with Crippen LogP contribution in [0.25, 0.3) is 22.8 Å². The summed E-state index contributed by atoms with van der Waals surface area (Å²) in [6.07, 6.45) is -7.28. The summed E-state index contributed by atoms with van der Waals surface area (Å²) in [4.78, 5) is 30.5. The second-order valence-corrected chi connectivity index (χ2v) is 12.8. The Kier molecular flexibility index (Phi) is 10.6. The van der Waals surface area contributed by atoms with Crippen molar-refractivity contribution in [2.45, 2.75) is 43.4 Å². The number of halogens is 8. The van der Waals surface area contributed by atoms with E-state index in [-0.39, 0.29) is 17.2 Å². The Balaban J connectivity index is 0.000000421. The molecule has 5 N–H and O–H groups in total. The fourth-order valence-corrected chi connectivity index (χ4v) is 5.22. The maximum atomic E-state index is 14.9. The van der Waals surface area contributed by atoms with Gasteiger partial charge in [0, 0.05) is 29.6 Å². The van der Waals surface area contributed by atoms with E-state index < -0.39 is 50.1 Å². The SMILES string of the molecule is CC1(C)C(N)=N[C@](C)(c2cc(-c3cc(-c4ncc(Cl)cn4)no3)ccc2F)C[S@@]1(=N)=O.O=C(O)C(F)(F)F.O=C(O)C(F)(F)F. The van der Waals surface area contributed by atoms with E-state index in [9.17, 15) is 34.9 Å². The van der Waals surface area contributed by atoms with Gasteiger partial charge in [0.1, 0.15) is 21.9 Å². The highest BCUT2D eigenvalue weighted by Crippen LogP contribution is 2.39. The van der Waals surface area contributed by atoms with Crippen molar-refractivity contribution in [3.63, 3.8) is 0 Å². The number of carboxylic acids is 2. The standard InChI is InChI=1S/C20H20ClFN6O2S.2C2HF3O2/c1-19(2)18(23)27-20(3,10-31(19,24)29)13-6-11(4-5-14(13)22)16-7-15(28-30-16)17-25-8-12(21)9-26-17;2*3-2(4,5)1(6)7/h4-9,24H,10H2,1-3H3,(H2,23,27);2*(H,6,7)/t20-,31+;;/m0../s1. The van der Waals surface area contributed by atoms with Gasteiger partial charge in [0.25, 0.3) is 0 Å². The van der Waals surface area contributed by atoms with Crippen molar-refractivity contribution >= 4 is 39.1 Å². The van der Waals surface area contributed by atoms with Crippen molar-refractivity contribution in [3.8, 4) is 22.8 Å². The average Bonchev–Trinajstić information content (AvgIpc) is 3.38. The Hall–Kier alpha value is -4.33. The molecule has 12 nitrogen and oxygen atoms in total. The first-order valence-electron chi connectivity index (χ1n) is 11.8. The summed E-state index contributed by atoms with van der Waals surface area (Å²) in [5.74, 6) is -5.46. The molecule has 1 aromatic carbocycles. The molecule has 0 saturated heterocycles. The minimum atomic E-state index is -5.08. The Morgan fingerprint density at radius 3 is 1.96 bits per heavy atom. The van der Waals surface area contributed by atoms with Gasteiger partial charge < -0.3 is 20.5 Å². The second-order valence-electron chi connectivity index (χ2n) is 9.70. The average molecular weight is 691 g/mol. The van der Waals surface area contributed by atoms with E-state index in [1.807, 2.05) is 0 Å². The van der Waals surface area contributed by atoms with Crippen molar-refractivity contribution in [2.24, 2.45) is 10.7 Å². The Morgan fingerprint density at radius 2 is 1.51 bits per heavy atom. The molecule has 3 aromatic rings. The molecule has 0 bridgehead atoms. The van der Waals surface area contributed by atoms with Crippen LogP contribution in [0.3, 0.4) is 0 Å². The van der Waals surface area contributed by atoms with Crippen molar-refractivity contribution in [1.82, 2.24) is 15.1 Å². The quantitative estimate of drug-likeness (QED) is 0.262.